The molecule has 4 heteroatoms. The highest BCUT2D eigenvalue weighted by atomic mass is 16.5. The maximum absolute atomic E-state index is 12.8. The van der Waals surface area contributed by atoms with E-state index in [-0.39, 0.29) is 5.78 Å². The van der Waals surface area contributed by atoms with Crippen molar-refractivity contribution in [1.82, 2.24) is 0 Å². The van der Waals surface area contributed by atoms with Gasteiger partial charge in [0, 0.05) is 0 Å². The number of aryl methyl sites for hydroxylation is 2. The van der Waals surface area contributed by atoms with Gasteiger partial charge in [-0.05, 0) is 50.1 Å². The van der Waals surface area contributed by atoms with Crippen LogP contribution in [-0.2, 0) is 0 Å². The van der Waals surface area contributed by atoms with E-state index >= 15 is 0 Å². The lowest BCUT2D eigenvalue weighted by atomic mass is 10.0. The molecule has 0 heterocycles. The summed E-state index contributed by atoms with van der Waals surface area (Å²) >= 11 is 0. The van der Waals surface area contributed by atoms with Crippen LogP contribution in [0.1, 0.15) is 34.8 Å². The molecular weight excluding hydrogens is 290 g/mol. The minimum Gasteiger partial charge on any atom is -0.496 e. The molecule has 1 unspecified atom stereocenters. The number of hydrogen-bond donors (Lipinski definition) is 1. The molecule has 1 atom stereocenters. The van der Waals surface area contributed by atoms with Gasteiger partial charge in [-0.3, -0.25) is 4.79 Å². The molecule has 4 nitrogen and oxygen atoms in total. The maximum atomic E-state index is 12.8. The SMILES string of the molecule is CCC(Oc1ccc(C)cc1N)C(=O)c1cc(C)ccc1OC. The average Bonchev–Trinajstić information content (AvgIpc) is 2.53. The largest absolute Gasteiger partial charge is 0.496 e. The van der Waals surface area contributed by atoms with Crippen LogP contribution in [0.2, 0.25) is 0 Å². The van der Waals surface area contributed by atoms with Crippen LogP contribution in [0.25, 0.3) is 0 Å². The minimum absolute atomic E-state index is 0.104. The smallest absolute Gasteiger partial charge is 0.207 e. The molecule has 2 aromatic carbocycles. The van der Waals surface area contributed by atoms with Crippen molar-refractivity contribution in [2.24, 2.45) is 0 Å². The third-order valence-corrected chi connectivity index (χ3v) is 3.72. The highest BCUT2D eigenvalue weighted by molar-refractivity contribution is 6.02. The second-order valence-electron chi connectivity index (χ2n) is 5.62. The van der Waals surface area contributed by atoms with Crippen molar-refractivity contribution in [2.45, 2.75) is 33.3 Å². The van der Waals surface area contributed by atoms with Gasteiger partial charge in [0.25, 0.3) is 0 Å². The summed E-state index contributed by atoms with van der Waals surface area (Å²) in [5.41, 5.74) is 9.10. The lowest BCUT2D eigenvalue weighted by Gasteiger charge is -2.19. The number of carbonyl (C=O) groups excluding carboxylic acids is 1. The molecule has 0 radical (unpaired) electrons. The highest BCUT2D eigenvalue weighted by Gasteiger charge is 2.24. The van der Waals surface area contributed by atoms with Crippen LogP contribution in [0.4, 0.5) is 5.69 Å². The topological polar surface area (TPSA) is 61.5 Å². The van der Waals surface area contributed by atoms with Gasteiger partial charge in [-0.15, -0.1) is 0 Å². The zero-order valence-corrected chi connectivity index (χ0v) is 14.1. The second kappa shape index (κ2) is 7.18. The fraction of sp³-hybridized carbons (Fsp3) is 0.316. The molecule has 2 rings (SSSR count). The molecule has 0 aliphatic heterocycles. The first-order chi connectivity index (χ1) is 11.0. The first-order valence-electron chi connectivity index (χ1n) is 7.68. The van der Waals surface area contributed by atoms with Crippen LogP contribution in [0.15, 0.2) is 36.4 Å². The van der Waals surface area contributed by atoms with E-state index in [1.165, 1.54) is 0 Å². The van der Waals surface area contributed by atoms with Crippen molar-refractivity contribution in [3.8, 4) is 11.5 Å². The van der Waals surface area contributed by atoms with E-state index in [2.05, 4.69) is 0 Å². The summed E-state index contributed by atoms with van der Waals surface area (Å²) < 4.78 is 11.2. The van der Waals surface area contributed by atoms with E-state index in [4.69, 9.17) is 15.2 Å². The lowest BCUT2D eigenvalue weighted by molar-refractivity contribution is 0.0784. The van der Waals surface area contributed by atoms with Crippen LogP contribution in [0.3, 0.4) is 0 Å². The highest BCUT2D eigenvalue weighted by Crippen LogP contribution is 2.27. The molecule has 0 saturated heterocycles. The van der Waals surface area contributed by atoms with Crippen molar-refractivity contribution in [3.63, 3.8) is 0 Å². The molecule has 0 fully saturated rings. The molecule has 0 bridgehead atoms. The number of anilines is 1. The predicted molar refractivity (Wildman–Crippen MR) is 92.4 cm³/mol. The van der Waals surface area contributed by atoms with E-state index in [1.807, 2.05) is 45.0 Å². The number of ether oxygens (including phenoxy) is 2. The third-order valence-electron chi connectivity index (χ3n) is 3.72. The number of hydrogen-bond acceptors (Lipinski definition) is 4. The van der Waals surface area contributed by atoms with Gasteiger partial charge in [0.2, 0.25) is 5.78 Å². The van der Waals surface area contributed by atoms with Gasteiger partial charge in [-0.25, -0.2) is 0 Å². The Labute approximate surface area is 137 Å². The second-order valence-corrected chi connectivity index (χ2v) is 5.62. The number of Topliss-reactive ketones (excluding diaryl/α,β-unsaturated/α-hetero) is 1. The summed E-state index contributed by atoms with van der Waals surface area (Å²) in [6.07, 6.45) is -0.0563. The van der Waals surface area contributed by atoms with Crippen LogP contribution in [0, 0.1) is 13.8 Å². The van der Waals surface area contributed by atoms with Crippen LogP contribution in [-0.4, -0.2) is 19.0 Å². The zero-order valence-electron chi connectivity index (χ0n) is 14.1. The van der Waals surface area contributed by atoms with Gasteiger partial charge in [-0.1, -0.05) is 24.6 Å². The number of methoxy groups -OCH3 is 1. The van der Waals surface area contributed by atoms with Gasteiger partial charge < -0.3 is 15.2 Å². The van der Waals surface area contributed by atoms with Gasteiger partial charge in [0.05, 0.1) is 18.4 Å². The Hall–Kier alpha value is -2.49. The first-order valence-corrected chi connectivity index (χ1v) is 7.68. The van der Waals surface area contributed by atoms with Crippen molar-refractivity contribution < 1.29 is 14.3 Å². The molecule has 23 heavy (non-hydrogen) atoms. The fourth-order valence-electron chi connectivity index (χ4n) is 2.44. The average molecular weight is 313 g/mol. The molecule has 0 aromatic heterocycles. The van der Waals surface area contributed by atoms with Crippen LogP contribution < -0.4 is 15.2 Å². The standard InChI is InChI=1S/C19H23NO3/c1-5-16(23-18-9-7-13(3)11-15(18)20)19(21)14-10-12(2)6-8-17(14)22-4/h6-11,16H,5,20H2,1-4H3. The summed E-state index contributed by atoms with van der Waals surface area (Å²) in [4.78, 5) is 12.8. The summed E-state index contributed by atoms with van der Waals surface area (Å²) in [5.74, 6) is 0.981. The Morgan fingerprint density at radius 2 is 1.70 bits per heavy atom. The first kappa shape index (κ1) is 16.9. The Morgan fingerprint density at radius 1 is 1.09 bits per heavy atom. The van der Waals surface area contributed by atoms with Crippen molar-refractivity contribution in [2.75, 3.05) is 12.8 Å². The van der Waals surface area contributed by atoms with Crippen LogP contribution >= 0.6 is 0 Å². The Balaban J connectivity index is 2.30. The number of ketones is 1. The van der Waals surface area contributed by atoms with Crippen LogP contribution in [0.5, 0.6) is 11.5 Å². The van der Waals surface area contributed by atoms with E-state index < -0.39 is 6.10 Å². The molecule has 0 saturated carbocycles. The quantitative estimate of drug-likeness (QED) is 0.648. The summed E-state index contributed by atoms with van der Waals surface area (Å²) in [6.45, 7) is 5.81. The van der Waals surface area contributed by atoms with E-state index in [0.717, 1.165) is 11.1 Å². The molecule has 2 aromatic rings. The van der Waals surface area contributed by atoms with Crippen molar-refractivity contribution in [3.05, 3.63) is 53.1 Å². The fourth-order valence-corrected chi connectivity index (χ4v) is 2.44. The summed E-state index contributed by atoms with van der Waals surface area (Å²) in [5, 5.41) is 0. The van der Waals surface area contributed by atoms with E-state index in [9.17, 15) is 4.79 Å². The molecular formula is C19H23NO3. The van der Waals surface area contributed by atoms with E-state index in [0.29, 0.717) is 29.2 Å². The molecule has 0 aliphatic rings. The molecule has 2 N–H and O–H groups in total. The summed E-state index contributed by atoms with van der Waals surface area (Å²) in [7, 11) is 1.56. The predicted octanol–water partition coefficient (Wildman–Crippen LogP) is 3.93. The number of nitrogen functional groups attached to an aromatic ring is 1. The normalized spacial score (nSPS) is 11.8. The molecule has 0 spiro atoms. The third kappa shape index (κ3) is 3.83. The van der Waals surface area contributed by atoms with Crippen molar-refractivity contribution in [1.29, 1.82) is 0 Å². The lowest BCUT2D eigenvalue weighted by Crippen LogP contribution is -2.27. The van der Waals surface area contributed by atoms with Gasteiger partial charge in [0.1, 0.15) is 11.5 Å². The molecule has 0 amide bonds. The number of nitrogens with two attached hydrogens (primary N) is 1. The van der Waals surface area contributed by atoms with Gasteiger partial charge in [0.15, 0.2) is 6.10 Å². The molecule has 122 valence electrons. The number of benzene rings is 2. The Morgan fingerprint density at radius 3 is 2.26 bits per heavy atom. The van der Waals surface area contributed by atoms with Gasteiger partial charge >= 0.3 is 0 Å². The van der Waals surface area contributed by atoms with E-state index in [1.54, 1.807) is 19.2 Å². The monoisotopic (exact) mass is 313 g/mol. The Kier molecular flexibility index (Phi) is 5.27. The summed E-state index contributed by atoms with van der Waals surface area (Å²) in [6, 6.07) is 11.1. The van der Waals surface area contributed by atoms with Crippen molar-refractivity contribution >= 4 is 11.5 Å². The van der Waals surface area contributed by atoms with Gasteiger partial charge in [-0.2, -0.15) is 0 Å². The number of carbonyl (C=O) groups is 1. The maximum Gasteiger partial charge on any atom is 0.207 e. The minimum atomic E-state index is -0.601. The molecule has 0 aliphatic carbocycles. The Bertz CT molecular complexity index is 710. The number of rotatable bonds is 6. The zero-order chi connectivity index (χ0) is 17.0.